The average Bonchev–Trinajstić information content (AvgIpc) is 3.15. The van der Waals surface area contributed by atoms with Crippen LogP contribution in [0.1, 0.15) is 0 Å². The van der Waals surface area contributed by atoms with Gasteiger partial charge in [0.25, 0.3) is 0 Å². The van der Waals surface area contributed by atoms with Gasteiger partial charge in [0.05, 0.1) is 0 Å². The molecule has 0 saturated heterocycles. The summed E-state index contributed by atoms with van der Waals surface area (Å²) in [7, 11) is 0. The number of rotatable bonds is 0. The first-order valence-electron chi connectivity index (χ1n) is 16.2. The maximum absolute atomic E-state index is 8.56. The predicted octanol–water partition coefficient (Wildman–Crippen LogP) is -0.540. The molecule has 0 aromatic heterocycles. The van der Waals surface area contributed by atoms with E-state index in [2.05, 4.69) is 0 Å². The molecule has 77 heteroatoms. The van der Waals surface area contributed by atoms with Crippen LogP contribution in [-0.4, -0.2) is 464 Å². The Kier molecular flexibility index (Phi) is 302. The monoisotopic (exact) mass is 1630 g/mol. The van der Waals surface area contributed by atoms with Crippen molar-refractivity contribution in [1.82, 2.24) is 0 Å². The second kappa shape index (κ2) is 172. The number of hydrogen-bond donors (Lipinski definition) is 46. The number of carbonyl (C=O) groups excluding carboxylic acids is 2. The van der Waals surface area contributed by atoms with Gasteiger partial charge in [0.2, 0.25) is 0 Å². The fraction of sp³-hybridized carbons (Fsp3) is 0. The van der Waals surface area contributed by atoms with Crippen LogP contribution in [0.25, 0.3) is 0 Å². The molecule has 75 nitrogen and oxygen atoms in total. The maximum Gasteiger partial charge on any atom is 2.00 e. The van der Waals surface area contributed by atoms with E-state index in [0.29, 0.717) is 0 Å². The van der Waals surface area contributed by atoms with E-state index in [0.717, 1.165) is 0 Å². The predicted molar refractivity (Wildman–Crippen MR) is 267 cm³/mol. The Morgan fingerprint density at radius 2 is 0.0980 bits per heavy atom. The molecule has 0 heterocycles. The van der Waals surface area contributed by atoms with Gasteiger partial charge in [-0.2, -0.15) is 0 Å². The third-order valence-corrected chi connectivity index (χ3v) is 0. The van der Waals surface area contributed by atoms with E-state index in [1.807, 2.05) is 0 Å². The normalized spacial score (nSPS) is 5.88. The molecule has 46 N–H and O–H groups in total. The third kappa shape index (κ3) is 2360. The molecule has 0 saturated carbocycles. The summed E-state index contributed by atoms with van der Waals surface area (Å²) in [6.45, 7) is 0. The van der Waals surface area contributed by atoms with Crippen molar-refractivity contribution >= 4 is 229 Å². The number of hydrogen-bond acceptors (Lipinski definition) is 29. The zero-order chi connectivity index (χ0) is 89.4. The fourth-order valence-electron chi connectivity index (χ4n) is 0. The van der Waals surface area contributed by atoms with Crippen LogP contribution in [0.15, 0.2) is 0 Å². The van der Waals surface area contributed by atoms with E-state index in [4.69, 9.17) is 375 Å². The van der Waals surface area contributed by atoms with Crippen LogP contribution in [0, 0.1) is 0 Å². The maximum atomic E-state index is 8.56. The molecular weight excluding hydrogens is 1580 g/mol. The van der Waals surface area contributed by atoms with E-state index in [9.17, 15) is 0 Å². The first kappa shape index (κ1) is 179. The first-order chi connectivity index (χ1) is 43.3. The van der Waals surface area contributed by atoms with Crippen LogP contribution >= 0.6 is 0 Å². The molecule has 0 rings (SSSR count). The van der Waals surface area contributed by atoms with Gasteiger partial charge < -0.3 is 265 Å². The van der Waals surface area contributed by atoms with E-state index >= 15 is 0 Å². The van der Waals surface area contributed by atoms with Crippen molar-refractivity contribution in [3.05, 3.63) is 0 Å². The number of carboxylic acid groups (broad SMARTS) is 50. The fourth-order valence-corrected chi connectivity index (χ4v) is 0. The van der Waals surface area contributed by atoms with Gasteiger partial charge in [-0.25, -0.2) is 110 Å². The summed E-state index contributed by atoms with van der Waals surface area (Å²) >= 11 is 0. The van der Waals surface area contributed by atoms with Crippen molar-refractivity contribution in [3.63, 3.8) is 0 Å². The zero-order valence-corrected chi connectivity index (χ0v) is 50.7. The summed E-state index contributed by atoms with van der Waals surface area (Å²) in [5.74, 6) is 0. The third-order valence-electron chi connectivity index (χ3n) is 0. The van der Waals surface area contributed by atoms with Crippen molar-refractivity contribution in [2.75, 3.05) is 0 Å². The molecule has 0 aliphatic heterocycles. The Labute approximate surface area is 602 Å². The molecule has 600 valence electrons. The van der Waals surface area contributed by atoms with Gasteiger partial charge in [-0.05, 0) is 12.3 Å². The minimum atomic E-state index is -2.33. The SMILES string of the molecule is O=C(O)O.O=C(O)O.O=C(O)O.O=C(O)O.O=C(O)O.O=C(O)O.O=C(O)O.O=C(O)O.O=C(O)O.O=C(O)O.O=C(O)O.O=C(O)O.O=C(O)O.O=C(O)O.O=C(O)O.O=C(O)O.O=C(O)O.O=C(O)O.O=C(O)O.O=C(O)O.O=C(O)O.O=C(O)O.O=C(O)O.O=C([O-])[O-].O=C([O-])[O-].[Ca+2].[Ca+2]. The molecular formula is C25H46Ca2O75. The first-order valence-corrected chi connectivity index (χ1v) is 16.2. The van der Waals surface area contributed by atoms with Gasteiger partial charge in [0, 0.05) is 0 Å². The molecule has 0 unspecified atom stereocenters. The summed E-state index contributed by atoms with van der Waals surface area (Å²) in [4.78, 5) is 213. The topological polar surface area (TPSA) is 1450 Å². The Hall–Kier alpha value is -15.7. The Bertz CT molecular complexity index is 1370. The molecule has 0 aliphatic carbocycles. The second-order valence-electron chi connectivity index (χ2n) is 7.00. The minimum absolute atomic E-state index is 0. The standard InChI is InChI=1S/25CH2O3.2Ca/c25*2-1(3)4;;/h25*(H2,2,3,4);;/q;;;;;;;;;;;;;;;;;;;;;;;;;2*+2/p-4. The summed E-state index contributed by atoms with van der Waals surface area (Å²) in [5.41, 5.74) is 0. The summed E-state index contributed by atoms with van der Waals surface area (Å²) in [6.07, 6.45) is -46.8. The van der Waals surface area contributed by atoms with E-state index in [1.54, 1.807) is 0 Å². The Morgan fingerprint density at radius 3 is 0.0980 bits per heavy atom. The molecule has 0 aliphatic rings. The molecule has 0 atom stereocenters. The molecule has 0 spiro atoms. The molecule has 102 heavy (non-hydrogen) atoms. The molecule has 0 bridgehead atoms. The summed E-state index contributed by atoms with van der Waals surface area (Å²) in [5, 5.41) is 354. The van der Waals surface area contributed by atoms with Gasteiger partial charge in [-0.3, -0.25) is 0 Å². The molecule has 0 radical (unpaired) electrons. The Morgan fingerprint density at radius 1 is 0.0980 bits per heavy atom. The Balaban J connectivity index is -0.0000000230. The van der Waals surface area contributed by atoms with Crippen molar-refractivity contribution < 1.29 is 375 Å². The van der Waals surface area contributed by atoms with Crippen LogP contribution in [0.5, 0.6) is 0 Å². The smallest absolute Gasteiger partial charge is 0.652 e. The molecule has 0 aromatic carbocycles. The average molecular weight is 1630 g/mol. The second-order valence-corrected chi connectivity index (χ2v) is 7.00. The molecule has 0 amide bonds. The van der Waals surface area contributed by atoms with Gasteiger partial charge in [0.15, 0.2) is 0 Å². The van der Waals surface area contributed by atoms with E-state index in [1.165, 1.54) is 0 Å². The van der Waals surface area contributed by atoms with Gasteiger partial charge >= 0.3 is 217 Å². The van der Waals surface area contributed by atoms with E-state index < -0.39 is 154 Å². The van der Waals surface area contributed by atoms with Crippen molar-refractivity contribution in [1.29, 1.82) is 0 Å². The van der Waals surface area contributed by atoms with Crippen molar-refractivity contribution in [2.24, 2.45) is 0 Å². The molecule has 0 aromatic rings. The minimum Gasteiger partial charge on any atom is -0.652 e. The van der Waals surface area contributed by atoms with Crippen LogP contribution in [0.3, 0.4) is 0 Å². The van der Waals surface area contributed by atoms with E-state index in [-0.39, 0.29) is 75.5 Å². The number of carbonyl (C=O) groups is 25. The van der Waals surface area contributed by atoms with Crippen LogP contribution in [0.2, 0.25) is 0 Å². The largest absolute Gasteiger partial charge is 2.00 e. The van der Waals surface area contributed by atoms with Crippen molar-refractivity contribution in [3.8, 4) is 0 Å². The summed E-state index contributed by atoms with van der Waals surface area (Å²) < 4.78 is 0. The zero-order valence-electron chi connectivity index (χ0n) is 46.3. The van der Waals surface area contributed by atoms with Crippen LogP contribution in [0.4, 0.5) is 120 Å². The van der Waals surface area contributed by atoms with Gasteiger partial charge in [-0.1, -0.05) is 0 Å². The van der Waals surface area contributed by atoms with Gasteiger partial charge in [-0.15, -0.1) is 0 Å². The van der Waals surface area contributed by atoms with Crippen LogP contribution < -0.4 is 20.4 Å². The molecule has 0 fully saturated rings. The summed E-state index contributed by atoms with van der Waals surface area (Å²) in [6, 6.07) is 0. The van der Waals surface area contributed by atoms with Crippen molar-refractivity contribution in [2.45, 2.75) is 0 Å². The quantitative estimate of drug-likeness (QED) is 0.135. The van der Waals surface area contributed by atoms with Gasteiger partial charge in [0.1, 0.15) is 0 Å². The van der Waals surface area contributed by atoms with Crippen LogP contribution in [-0.2, 0) is 0 Å².